The zero-order chi connectivity index (χ0) is 13.0. The molecule has 0 bridgehead atoms. The van der Waals surface area contributed by atoms with Crippen LogP contribution in [-0.2, 0) is 6.42 Å². The van der Waals surface area contributed by atoms with Gasteiger partial charge in [-0.3, -0.25) is 0 Å². The van der Waals surface area contributed by atoms with Crippen LogP contribution in [0.3, 0.4) is 0 Å². The smallest absolute Gasteiger partial charge is 0.387 e. The summed E-state index contributed by atoms with van der Waals surface area (Å²) in [6.45, 7) is -1.02. The second-order valence-electron chi connectivity index (χ2n) is 3.67. The van der Waals surface area contributed by atoms with Crippen LogP contribution >= 0.6 is 15.9 Å². The molecule has 1 atom stereocenters. The van der Waals surface area contributed by atoms with Crippen LogP contribution in [0.15, 0.2) is 16.6 Å². The van der Waals surface area contributed by atoms with Crippen molar-refractivity contribution in [2.45, 2.75) is 26.0 Å². The Labute approximate surface area is 107 Å². The van der Waals surface area contributed by atoms with Crippen LogP contribution < -0.4 is 15.2 Å². The van der Waals surface area contributed by atoms with E-state index in [1.165, 1.54) is 7.11 Å². The predicted molar refractivity (Wildman–Crippen MR) is 64.7 cm³/mol. The van der Waals surface area contributed by atoms with Gasteiger partial charge in [-0.2, -0.15) is 8.78 Å². The number of nitrogens with two attached hydrogens (primary N) is 1. The van der Waals surface area contributed by atoms with Crippen molar-refractivity contribution in [1.82, 2.24) is 0 Å². The third kappa shape index (κ3) is 4.12. The largest absolute Gasteiger partial charge is 0.493 e. The molecule has 0 aliphatic carbocycles. The Morgan fingerprint density at radius 2 is 2.06 bits per heavy atom. The topological polar surface area (TPSA) is 44.5 Å². The molecule has 0 spiro atoms. The maximum atomic E-state index is 12.2. The molecule has 0 fully saturated rings. The number of hydrogen-bond acceptors (Lipinski definition) is 3. The zero-order valence-electron chi connectivity index (χ0n) is 9.54. The van der Waals surface area contributed by atoms with E-state index in [-0.39, 0.29) is 17.5 Å². The standard InChI is InChI=1S/C11H14BrF2NO2/c1-6(15)3-7-4-8(12)10(17-11(13)14)9(5-7)16-2/h4-6,11H,3,15H2,1-2H3. The van der Waals surface area contributed by atoms with E-state index >= 15 is 0 Å². The Kier molecular flexibility index (Phi) is 5.14. The van der Waals surface area contributed by atoms with Crippen molar-refractivity contribution in [1.29, 1.82) is 0 Å². The van der Waals surface area contributed by atoms with Gasteiger partial charge in [0.05, 0.1) is 11.6 Å². The molecule has 96 valence electrons. The van der Waals surface area contributed by atoms with E-state index in [4.69, 9.17) is 10.5 Å². The van der Waals surface area contributed by atoms with E-state index in [1.807, 2.05) is 6.92 Å². The number of hydrogen-bond donors (Lipinski definition) is 1. The van der Waals surface area contributed by atoms with E-state index in [9.17, 15) is 8.78 Å². The van der Waals surface area contributed by atoms with Gasteiger partial charge in [0.2, 0.25) is 0 Å². The molecule has 1 unspecified atom stereocenters. The van der Waals surface area contributed by atoms with Crippen LogP contribution in [-0.4, -0.2) is 19.8 Å². The van der Waals surface area contributed by atoms with Gasteiger partial charge in [0.1, 0.15) is 0 Å². The van der Waals surface area contributed by atoms with Crippen LogP contribution in [0.4, 0.5) is 8.78 Å². The number of alkyl halides is 2. The highest BCUT2D eigenvalue weighted by Crippen LogP contribution is 2.37. The highest BCUT2D eigenvalue weighted by Gasteiger charge is 2.16. The molecule has 2 N–H and O–H groups in total. The quantitative estimate of drug-likeness (QED) is 0.909. The maximum Gasteiger partial charge on any atom is 0.387 e. The predicted octanol–water partition coefficient (Wildman–Crippen LogP) is 2.95. The number of benzene rings is 1. The molecule has 1 aromatic rings. The van der Waals surface area contributed by atoms with E-state index in [1.54, 1.807) is 12.1 Å². The van der Waals surface area contributed by atoms with Gasteiger partial charge in [0.15, 0.2) is 11.5 Å². The van der Waals surface area contributed by atoms with E-state index in [0.717, 1.165) is 5.56 Å². The average molecular weight is 310 g/mol. The first-order valence-corrected chi connectivity index (χ1v) is 5.80. The minimum atomic E-state index is -2.89. The summed E-state index contributed by atoms with van der Waals surface area (Å²) in [5, 5.41) is 0. The van der Waals surface area contributed by atoms with Gasteiger partial charge in [-0.25, -0.2) is 0 Å². The van der Waals surface area contributed by atoms with Gasteiger partial charge in [-0.15, -0.1) is 0 Å². The van der Waals surface area contributed by atoms with Crippen molar-refractivity contribution in [3.8, 4) is 11.5 Å². The number of methoxy groups -OCH3 is 1. The molecule has 1 rings (SSSR count). The summed E-state index contributed by atoms with van der Waals surface area (Å²) in [7, 11) is 1.40. The fourth-order valence-electron chi connectivity index (χ4n) is 1.47. The summed E-state index contributed by atoms with van der Waals surface area (Å²) in [6.07, 6.45) is 0.629. The second-order valence-corrected chi connectivity index (χ2v) is 4.52. The Hall–Kier alpha value is -0.880. The minimum absolute atomic E-state index is 0.00377. The monoisotopic (exact) mass is 309 g/mol. The molecule has 17 heavy (non-hydrogen) atoms. The van der Waals surface area contributed by atoms with Gasteiger partial charge in [0.25, 0.3) is 0 Å². The Morgan fingerprint density at radius 1 is 1.41 bits per heavy atom. The molecular weight excluding hydrogens is 296 g/mol. The minimum Gasteiger partial charge on any atom is -0.493 e. The van der Waals surface area contributed by atoms with Gasteiger partial charge >= 0.3 is 6.61 Å². The molecule has 0 radical (unpaired) electrons. The third-order valence-electron chi connectivity index (χ3n) is 2.05. The summed E-state index contributed by atoms with van der Waals surface area (Å²) in [5.74, 6) is 0.256. The van der Waals surface area contributed by atoms with Crippen LogP contribution in [0.1, 0.15) is 12.5 Å². The Balaban J connectivity index is 3.07. The van der Waals surface area contributed by atoms with Crippen LogP contribution in [0.2, 0.25) is 0 Å². The summed E-state index contributed by atoms with van der Waals surface area (Å²) >= 11 is 3.18. The fraction of sp³-hybridized carbons (Fsp3) is 0.455. The normalized spacial score (nSPS) is 12.6. The fourth-order valence-corrected chi connectivity index (χ4v) is 2.05. The van der Waals surface area contributed by atoms with E-state index in [2.05, 4.69) is 20.7 Å². The molecular formula is C11H14BrF2NO2. The molecule has 0 saturated heterocycles. The average Bonchev–Trinajstić information content (AvgIpc) is 2.20. The van der Waals surface area contributed by atoms with Gasteiger partial charge < -0.3 is 15.2 Å². The van der Waals surface area contributed by atoms with Crippen molar-refractivity contribution >= 4 is 15.9 Å². The number of rotatable bonds is 5. The molecule has 0 aliphatic heterocycles. The third-order valence-corrected chi connectivity index (χ3v) is 2.64. The van der Waals surface area contributed by atoms with Crippen LogP contribution in [0.25, 0.3) is 0 Å². The first-order valence-electron chi connectivity index (χ1n) is 5.00. The number of halogens is 3. The summed E-state index contributed by atoms with van der Waals surface area (Å²) < 4.78 is 34.3. The molecule has 3 nitrogen and oxygen atoms in total. The molecule has 0 aliphatic rings. The highest BCUT2D eigenvalue weighted by molar-refractivity contribution is 9.10. The highest BCUT2D eigenvalue weighted by atomic mass is 79.9. The van der Waals surface area contributed by atoms with Crippen molar-refractivity contribution in [3.05, 3.63) is 22.2 Å². The maximum absolute atomic E-state index is 12.2. The molecule has 1 aromatic carbocycles. The first-order chi connectivity index (χ1) is 7.93. The lowest BCUT2D eigenvalue weighted by Crippen LogP contribution is -2.17. The molecule has 6 heteroatoms. The molecule has 0 saturated carbocycles. The van der Waals surface area contributed by atoms with Gasteiger partial charge in [0, 0.05) is 6.04 Å². The lowest BCUT2D eigenvalue weighted by molar-refractivity contribution is -0.0517. The Bertz CT molecular complexity index is 386. The van der Waals surface area contributed by atoms with Crippen molar-refractivity contribution < 1.29 is 18.3 Å². The number of ether oxygens (including phenoxy) is 2. The SMILES string of the molecule is COc1cc(CC(C)N)cc(Br)c1OC(F)F. The Morgan fingerprint density at radius 3 is 2.53 bits per heavy atom. The summed E-state index contributed by atoms with van der Waals surface area (Å²) in [4.78, 5) is 0. The summed E-state index contributed by atoms with van der Waals surface area (Å²) in [6, 6.07) is 3.32. The lowest BCUT2D eigenvalue weighted by atomic mass is 10.1. The van der Waals surface area contributed by atoms with Gasteiger partial charge in [-0.1, -0.05) is 0 Å². The van der Waals surface area contributed by atoms with Crippen LogP contribution in [0.5, 0.6) is 11.5 Å². The molecule has 0 amide bonds. The van der Waals surface area contributed by atoms with E-state index < -0.39 is 6.61 Å². The second kappa shape index (κ2) is 6.16. The van der Waals surface area contributed by atoms with Gasteiger partial charge in [-0.05, 0) is 47.0 Å². The molecule has 0 aromatic heterocycles. The zero-order valence-corrected chi connectivity index (χ0v) is 11.1. The first kappa shape index (κ1) is 14.2. The molecule has 0 heterocycles. The lowest BCUT2D eigenvalue weighted by Gasteiger charge is -2.14. The van der Waals surface area contributed by atoms with Crippen LogP contribution in [0, 0.1) is 0 Å². The summed E-state index contributed by atoms with van der Waals surface area (Å²) in [5.41, 5.74) is 6.57. The van der Waals surface area contributed by atoms with E-state index in [0.29, 0.717) is 10.9 Å². The van der Waals surface area contributed by atoms with Crippen molar-refractivity contribution in [2.24, 2.45) is 5.73 Å². The van der Waals surface area contributed by atoms with Crippen molar-refractivity contribution in [2.75, 3.05) is 7.11 Å². The van der Waals surface area contributed by atoms with Crippen molar-refractivity contribution in [3.63, 3.8) is 0 Å².